The van der Waals surface area contributed by atoms with Crippen LogP contribution in [-0.2, 0) is 0 Å². The van der Waals surface area contributed by atoms with Crippen LogP contribution in [0, 0.1) is 5.82 Å². The van der Waals surface area contributed by atoms with E-state index >= 15 is 0 Å². The van der Waals surface area contributed by atoms with E-state index in [-0.39, 0.29) is 17.1 Å². The highest BCUT2D eigenvalue weighted by molar-refractivity contribution is 6.20. The first-order valence-electron chi connectivity index (χ1n) is 4.91. The second-order valence-corrected chi connectivity index (χ2v) is 4.46. The molecule has 2 aromatic rings. The minimum absolute atomic E-state index is 0.0337. The maximum absolute atomic E-state index is 13.3. The van der Waals surface area contributed by atoms with Gasteiger partial charge >= 0.3 is 0 Å². The Balaban J connectivity index is 2.52. The lowest BCUT2D eigenvalue weighted by Crippen LogP contribution is -2.03. The van der Waals surface area contributed by atoms with Crippen LogP contribution in [0.15, 0.2) is 28.7 Å². The molecule has 3 heteroatoms. The van der Waals surface area contributed by atoms with Gasteiger partial charge < -0.3 is 4.42 Å². The molecule has 1 aromatic carbocycles. The van der Waals surface area contributed by atoms with Crippen molar-refractivity contribution in [2.75, 3.05) is 0 Å². The molecular weight excluding hydrogens is 215 g/mol. The molecule has 2 unspecified atom stereocenters. The monoisotopic (exact) mass is 226 g/mol. The van der Waals surface area contributed by atoms with Crippen molar-refractivity contribution in [2.24, 2.45) is 0 Å². The summed E-state index contributed by atoms with van der Waals surface area (Å²) in [5.41, 5.74) is 0.316. The maximum Gasteiger partial charge on any atom is 0.169 e. The molecule has 0 aliphatic carbocycles. The van der Waals surface area contributed by atoms with Crippen molar-refractivity contribution < 1.29 is 8.81 Å². The summed E-state index contributed by atoms with van der Waals surface area (Å²) < 4.78 is 18.8. The smallest absolute Gasteiger partial charge is 0.169 e. The molecule has 1 nitrogen and oxygen atoms in total. The van der Waals surface area contributed by atoms with Gasteiger partial charge in [-0.1, -0.05) is 19.1 Å². The van der Waals surface area contributed by atoms with Gasteiger partial charge in [-0.25, -0.2) is 4.39 Å². The van der Waals surface area contributed by atoms with Crippen molar-refractivity contribution in [1.29, 1.82) is 0 Å². The normalized spacial score (nSPS) is 15.5. The zero-order valence-corrected chi connectivity index (χ0v) is 9.38. The van der Waals surface area contributed by atoms with Gasteiger partial charge in [0.1, 0.15) is 5.76 Å². The fraction of sp³-hybridized carbons (Fsp3) is 0.333. The van der Waals surface area contributed by atoms with E-state index in [9.17, 15) is 4.39 Å². The molecule has 15 heavy (non-hydrogen) atoms. The lowest BCUT2D eigenvalue weighted by atomic mass is 10.1. The Morgan fingerprint density at radius 2 is 2.07 bits per heavy atom. The van der Waals surface area contributed by atoms with Crippen molar-refractivity contribution in [1.82, 2.24) is 0 Å². The third kappa shape index (κ3) is 1.86. The summed E-state index contributed by atoms with van der Waals surface area (Å²) in [6, 6.07) is 6.75. The molecule has 0 N–H and O–H groups in total. The van der Waals surface area contributed by atoms with Crippen LogP contribution in [0.5, 0.6) is 0 Å². The van der Waals surface area contributed by atoms with Crippen LogP contribution < -0.4 is 0 Å². The Kier molecular flexibility index (Phi) is 2.70. The molecule has 0 aliphatic rings. The summed E-state index contributed by atoms with van der Waals surface area (Å²) in [6.45, 7) is 3.86. The molecule has 1 heterocycles. The van der Waals surface area contributed by atoms with Crippen LogP contribution in [0.2, 0.25) is 0 Å². The van der Waals surface area contributed by atoms with Crippen molar-refractivity contribution in [2.45, 2.75) is 25.1 Å². The molecule has 1 aromatic heterocycles. The van der Waals surface area contributed by atoms with E-state index in [2.05, 4.69) is 0 Å². The minimum atomic E-state index is -0.326. The maximum atomic E-state index is 13.3. The summed E-state index contributed by atoms with van der Waals surface area (Å²) in [5.74, 6) is 0.490. The highest BCUT2D eigenvalue weighted by Crippen LogP contribution is 2.30. The molecule has 80 valence electrons. The third-order valence-electron chi connectivity index (χ3n) is 2.65. The van der Waals surface area contributed by atoms with E-state index in [1.54, 1.807) is 6.07 Å². The van der Waals surface area contributed by atoms with Gasteiger partial charge in [0.2, 0.25) is 0 Å². The fourth-order valence-corrected chi connectivity index (χ4v) is 1.62. The molecule has 0 spiro atoms. The van der Waals surface area contributed by atoms with Gasteiger partial charge in [-0.2, -0.15) is 0 Å². The first-order chi connectivity index (χ1) is 7.09. The number of halogens is 2. The molecule has 0 bridgehead atoms. The van der Waals surface area contributed by atoms with Crippen LogP contribution in [0.4, 0.5) is 4.39 Å². The lowest BCUT2D eigenvalue weighted by Gasteiger charge is -2.09. The Morgan fingerprint density at radius 1 is 1.33 bits per heavy atom. The van der Waals surface area contributed by atoms with E-state index in [1.807, 2.05) is 26.0 Å². The Hall–Kier alpha value is -1.02. The van der Waals surface area contributed by atoms with Crippen LogP contribution in [-0.4, -0.2) is 5.38 Å². The zero-order chi connectivity index (χ0) is 11.0. The van der Waals surface area contributed by atoms with Crippen molar-refractivity contribution in [3.8, 4) is 0 Å². The number of benzene rings is 1. The SMILES string of the molecule is CC(Cl)C(C)c1cc2cccc(F)c2o1. The lowest BCUT2D eigenvalue weighted by molar-refractivity contribution is 0.484. The largest absolute Gasteiger partial charge is 0.458 e. The van der Waals surface area contributed by atoms with Crippen LogP contribution in [0.1, 0.15) is 25.5 Å². The summed E-state index contributed by atoms with van der Waals surface area (Å²) in [5, 5.41) is 0.753. The minimum Gasteiger partial charge on any atom is -0.458 e. The molecule has 0 aliphatic heterocycles. The first-order valence-corrected chi connectivity index (χ1v) is 5.35. The third-order valence-corrected chi connectivity index (χ3v) is 3.03. The predicted molar refractivity (Wildman–Crippen MR) is 59.9 cm³/mol. The van der Waals surface area contributed by atoms with Gasteiger partial charge in [0, 0.05) is 16.7 Å². The standard InChI is InChI=1S/C12H12ClFO/c1-7(8(2)13)11-6-9-4-3-5-10(14)12(9)15-11/h3-8H,1-2H3. The molecule has 2 rings (SSSR count). The van der Waals surface area contributed by atoms with Gasteiger partial charge in [0.05, 0.1) is 0 Å². The van der Waals surface area contributed by atoms with Gasteiger partial charge in [0.15, 0.2) is 11.4 Å². The van der Waals surface area contributed by atoms with Crippen molar-refractivity contribution in [3.05, 3.63) is 35.8 Å². The van der Waals surface area contributed by atoms with Crippen molar-refractivity contribution in [3.63, 3.8) is 0 Å². The molecule has 0 amide bonds. The van der Waals surface area contributed by atoms with Gasteiger partial charge in [-0.05, 0) is 19.1 Å². The van der Waals surface area contributed by atoms with Crippen LogP contribution in [0.3, 0.4) is 0 Å². The average molecular weight is 227 g/mol. The number of hydrogen-bond donors (Lipinski definition) is 0. The van der Waals surface area contributed by atoms with Gasteiger partial charge in [-0.3, -0.25) is 0 Å². The van der Waals surface area contributed by atoms with E-state index < -0.39 is 0 Å². The number of hydrogen-bond acceptors (Lipinski definition) is 1. The second kappa shape index (κ2) is 3.86. The molecular formula is C12H12ClFO. The van der Waals surface area contributed by atoms with Crippen LogP contribution in [0.25, 0.3) is 11.0 Å². The second-order valence-electron chi connectivity index (χ2n) is 3.77. The topological polar surface area (TPSA) is 13.1 Å². The molecule has 0 saturated carbocycles. The fourth-order valence-electron chi connectivity index (χ4n) is 1.50. The summed E-state index contributed by atoms with van der Waals surface area (Å²) >= 11 is 5.98. The Morgan fingerprint density at radius 3 is 2.67 bits per heavy atom. The highest BCUT2D eigenvalue weighted by atomic mass is 35.5. The number of furan rings is 1. The summed E-state index contributed by atoms with van der Waals surface area (Å²) in [6.07, 6.45) is 0. The highest BCUT2D eigenvalue weighted by Gasteiger charge is 2.17. The molecule has 0 fully saturated rings. The Bertz CT molecular complexity index is 475. The summed E-state index contributed by atoms with van der Waals surface area (Å²) in [7, 11) is 0. The van der Waals surface area contributed by atoms with E-state index in [1.165, 1.54) is 6.07 Å². The number of alkyl halides is 1. The molecule has 0 radical (unpaired) electrons. The predicted octanol–water partition coefficient (Wildman–Crippen LogP) is 4.30. The zero-order valence-electron chi connectivity index (χ0n) is 8.63. The van der Waals surface area contributed by atoms with E-state index in [0.29, 0.717) is 5.58 Å². The molecule has 2 atom stereocenters. The van der Waals surface area contributed by atoms with Crippen LogP contribution >= 0.6 is 11.6 Å². The first kappa shape index (κ1) is 10.5. The number of rotatable bonds is 2. The number of para-hydroxylation sites is 1. The van der Waals surface area contributed by atoms with Crippen molar-refractivity contribution >= 4 is 22.6 Å². The van der Waals surface area contributed by atoms with Gasteiger partial charge in [-0.15, -0.1) is 11.6 Å². The van der Waals surface area contributed by atoms with E-state index in [4.69, 9.17) is 16.0 Å². The quantitative estimate of drug-likeness (QED) is 0.696. The Labute approximate surface area is 92.8 Å². The average Bonchev–Trinajstić information content (AvgIpc) is 2.61. The van der Waals surface area contributed by atoms with Gasteiger partial charge in [0.25, 0.3) is 0 Å². The van der Waals surface area contributed by atoms with E-state index in [0.717, 1.165) is 11.1 Å². The number of fused-ring (bicyclic) bond motifs is 1. The molecule has 0 saturated heterocycles. The summed E-state index contributed by atoms with van der Waals surface area (Å²) in [4.78, 5) is 0.